The van der Waals surface area contributed by atoms with Crippen LogP contribution in [0.4, 0.5) is 13.2 Å². The summed E-state index contributed by atoms with van der Waals surface area (Å²) in [5, 5.41) is 13.5. The van der Waals surface area contributed by atoms with Gasteiger partial charge in [0.25, 0.3) is 8.32 Å². The van der Waals surface area contributed by atoms with Crippen molar-refractivity contribution in [1.29, 1.82) is 0 Å². The fourth-order valence-corrected chi connectivity index (χ4v) is 15.0. The minimum atomic E-state index is -4.58. The minimum absolute atomic E-state index is 0.0877. The van der Waals surface area contributed by atoms with Gasteiger partial charge in [-0.3, -0.25) is 9.98 Å². The van der Waals surface area contributed by atoms with Crippen LogP contribution >= 0.6 is 11.5 Å². The summed E-state index contributed by atoms with van der Waals surface area (Å²) < 4.78 is 64.1. The van der Waals surface area contributed by atoms with Crippen molar-refractivity contribution in [2.24, 2.45) is 10.4 Å². The second kappa shape index (κ2) is 21.0. The molecule has 3 heterocycles. The Hall–Kier alpha value is -6.58. The number of hydrogen-bond donors (Lipinski definition) is 1. The molecular formula is C57H58F3N5O4SSi. The number of nitrogens with zero attached hydrogens (tertiary/aromatic N) is 5. The molecule has 1 N–H and O–H groups in total. The van der Waals surface area contributed by atoms with Crippen LogP contribution in [0, 0.1) is 5.41 Å². The first kappa shape index (κ1) is 50.8. The number of carbonyl (C=O) groups is 1. The lowest BCUT2D eigenvalue weighted by Gasteiger charge is -2.44. The van der Waals surface area contributed by atoms with Gasteiger partial charge in [-0.1, -0.05) is 156 Å². The number of carboxylic acids is 1. The van der Waals surface area contributed by atoms with Crippen molar-refractivity contribution in [3.8, 4) is 21.8 Å². The molecule has 1 unspecified atom stereocenters. The maximum absolute atomic E-state index is 15.0. The molecule has 0 saturated heterocycles. The summed E-state index contributed by atoms with van der Waals surface area (Å²) in [6.07, 6.45) is -3.25. The summed E-state index contributed by atoms with van der Waals surface area (Å²) in [5.74, 6) is -0.846. The molecule has 366 valence electrons. The Morgan fingerprint density at radius 1 is 0.803 bits per heavy atom. The van der Waals surface area contributed by atoms with E-state index in [0.29, 0.717) is 62.7 Å². The molecule has 0 saturated carbocycles. The van der Waals surface area contributed by atoms with Gasteiger partial charge in [-0.15, -0.1) is 0 Å². The summed E-state index contributed by atoms with van der Waals surface area (Å²) in [6.45, 7) is 11.7. The molecule has 0 bridgehead atoms. The number of hydrogen-bond acceptors (Lipinski definition) is 8. The highest BCUT2D eigenvalue weighted by Crippen LogP contribution is 2.44. The van der Waals surface area contributed by atoms with Gasteiger partial charge in [0.05, 0.1) is 23.2 Å². The van der Waals surface area contributed by atoms with E-state index < -0.39 is 44.6 Å². The van der Waals surface area contributed by atoms with Crippen molar-refractivity contribution >= 4 is 52.8 Å². The molecule has 0 aliphatic carbocycles. The lowest BCUT2D eigenvalue weighted by atomic mass is 9.84. The predicted molar refractivity (Wildman–Crippen MR) is 280 cm³/mol. The molecule has 8 aromatic rings. The number of aliphatic imine (C=N–C) groups is 1. The van der Waals surface area contributed by atoms with Crippen LogP contribution in [0.15, 0.2) is 163 Å². The van der Waals surface area contributed by atoms with E-state index in [9.17, 15) is 23.1 Å². The second-order valence-electron chi connectivity index (χ2n) is 19.7. The number of alkyl halides is 3. The number of benzene rings is 5. The Balaban J connectivity index is 1.24. The number of methoxy groups -OCH3 is 1. The number of halogens is 3. The molecule has 71 heavy (non-hydrogen) atoms. The summed E-state index contributed by atoms with van der Waals surface area (Å²) in [4.78, 5) is 27.2. The predicted octanol–water partition coefficient (Wildman–Crippen LogP) is 12.2. The molecular weight excluding hydrogens is 936 g/mol. The number of rotatable bonds is 18. The number of ether oxygens (including phenoxy) is 1. The zero-order chi connectivity index (χ0) is 50.6. The molecule has 14 heteroatoms. The fraction of sp³-hybridized carbons (Fsp3) is 0.281. The third kappa shape index (κ3) is 11.2. The van der Waals surface area contributed by atoms with Crippen LogP contribution in [-0.2, 0) is 33.3 Å². The smallest absolute Gasteiger partial charge is 0.406 e. The maximum atomic E-state index is 15.0. The quantitative estimate of drug-likeness (QED) is 0.0673. The molecule has 0 aliphatic heterocycles. The topological polar surface area (TPSA) is 112 Å². The van der Waals surface area contributed by atoms with E-state index in [1.54, 1.807) is 31.5 Å². The average Bonchev–Trinajstić information content (AvgIpc) is 3.94. The van der Waals surface area contributed by atoms with Gasteiger partial charge in [0, 0.05) is 59.5 Å². The van der Waals surface area contributed by atoms with Crippen LogP contribution in [0.2, 0.25) is 5.04 Å². The number of pyridine rings is 1. The van der Waals surface area contributed by atoms with Crippen LogP contribution in [0.25, 0.3) is 32.7 Å². The first-order valence-corrected chi connectivity index (χ1v) is 26.3. The van der Waals surface area contributed by atoms with Crippen molar-refractivity contribution in [2.75, 3.05) is 13.7 Å². The molecule has 3 aromatic heterocycles. The molecule has 0 spiro atoms. The van der Waals surface area contributed by atoms with E-state index in [-0.39, 0.29) is 17.3 Å². The van der Waals surface area contributed by atoms with Crippen molar-refractivity contribution in [3.05, 3.63) is 186 Å². The largest absolute Gasteiger partial charge is 0.480 e. The van der Waals surface area contributed by atoms with Gasteiger partial charge < -0.3 is 18.8 Å². The number of carboxylic acid groups (broad SMARTS) is 1. The van der Waals surface area contributed by atoms with Gasteiger partial charge in [0.15, 0.2) is 6.04 Å². The molecule has 9 nitrogen and oxygen atoms in total. The Labute approximate surface area is 418 Å². The van der Waals surface area contributed by atoms with E-state index in [0.717, 1.165) is 33.0 Å². The lowest BCUT2D eigenvalue weighted by Crippen LogP contribution is -2.67. The van der Waals surface area contributed by atoms with Crippen LogP contribution in [0.3, 0.4) is 0 Å². The molecule has 0 amide bonds. The number of aromatic nitrogens is 4. The zero-order valence-corrected chi connectivity index (χ0v) is 42.8. The van der Waals surface area contributed by atoms with Gasteiger partial charge in [0.2, 0.25) is 0 Å². The van der Waals surface area contributed by atoms with Crippen molar-refractivity contribution in [3.63, 3.8) is 0 Å². The van der Waals surface area contributed by atoms with E-state index in [2.05, 4.69) is 68.2 Å². The highest BCUT2D eigenvalue weighted by atomic mass is 32.1. The van der Waals surface area contributed by atoms with Crippen LogP contribution < -0.4 is 10.4 Å². The van der Waals surface area contributed by atoms with E-state index in [1.807, 2.05) is 116 Å². The third-order valence-electron chi connectivity index (χ3n) is 12.8. The summed E-state index contributed by atoms with van der Waals surface area (Å²) in [5.41, 5.74) is 4.58. The Morgan fingerprint density at radius 3 is 1.92 bits per heavy atom. The standard InChI is InChI=1S/C57H58F3N5O4SSi/c1-38(68-7)50-44(29-20-32-61-50)52-46(35-56(5,6)37-69-71(55(2,3)4,42-25-16-10-17-26-42)43-27-18-11-19-28-43)45-33-41(30-31-48(45)65(52)36-57(58,59)60)53-63-49(64-70-53)34-47(54(66)67)62-51(39-21-12-8-13-22-39)40-23-14-9-15-24-40/h8-33,38,47H,34-37H2,1-7H3,(H,66,67)/t38-,47?/m0/s1. The van der Waals surface area contributed by atoms with E-state index in [4.69, 9.17) is 19.1 Å². The summed E-state index contributed by atoms with van der Waals surface area (Å²) in [6, 6.07) is 47.3. The molecule has 0 fully saturated rings. The summed E-state index contributed by atoms with van der Waals surface area (Å²) >= 11 is 1.10. The highest BCUT2D eigenvalue weighted by molar-refractivity contribution is 7.09. The second-order valence-corrected chi connectivity index (χ2v) is 24.7. The van der Waals surface area contributed by atoms with Crippen molar-refractivity contribution in [2.45, 2.75) is 84.3 Å². The Morgan fingerprint density at radius 2 is 1.38 bits per heavy atom. The number of aliphatic carboxylic acids is 1. The Bertz CT molecular complexity index is 3040. The molecule has 8 rings (SSSR count). The molecule has 5 aromatic carbocycles. The molecule has 0 radical (unpaired) electrons. The van der Waals surface area contributed by atoms with Gasteiger partial charge >= 0.3 is 12.1 Å². The van der Waals surface area contributed by atoms with E-state index in [1.165, 1.54) is 4.57 Å². The monoisotopic (exact) mass is 993 g/mol. The Kier molecular flexibility index (Phi) is 15.0. The number of fused-ring (bicyclic) bond motifs is 1. The first-order chi connectivity index (χ1) is 33.9. The average molecular weight is 994 g/mol. The first-order valence-electron chi connectivity index (χ1n) is 23.6. The van der Waals surface area contributed by atoms with Gasteiger partial charge in [-0.05, 0) is 81.6 Å². The van der Waals surface area contributed by atoms with Gasteiger partial charge in [-0.2, -0.15) is 17.5 Å². The van der Waals surface area contributed by atoms with Crippen LogP contribution in [0.1, 0.15) is 75.9 Å². The summed E-state index contributed by atoms with van der Waals surface area (Å²) in [7, 11) is -1.46. The molecule has 0 aliphatic rings. The van der Waals surface area contributed by atoms with Crippen molar-refractivity contribution in [1.82, 2.24) is 18.9 Å². The maximum Gasteiger partial charge on any atom is 0.406 e. The minimum Gasteiger partial charge on any atom is -0.480 e. The van der Waals surface area contributed by atoms with Gasteiger partial charge in [-0.25, -0.2) is 9.78 Å². The van der Waals surface area contributed by atoms with Gasteiger partial charge in [0.1, 0.15) is 17.4 Å². The van der Waals surface area contributed by atoms with E-state index >= 15 is 0 Å². The molecule has 2 atom stereocenters. The zero-order valence-electron chi connectivity index (χ0n) is 40.9. The highest BCUT2D eigenvalue weighted by Gasteiger charge is 2.51. The van der Waals surface area contributed by atoms with Crippen molar-refractivity contribution < 1.29 is 32.2 Å². The van der Waals surface area contributed by atoms with Crippen LogP contribution in [0.5, 0.6) is 0 Å². The van der Waals surface area contributed by atoms with Crippen LogP contribution in [-0.4, -0.2) is 69.9 Å². The normalized spacial score (nSPS) is 13.3. The fourth-order valence-electron chi connectivity index (χ4n) is 9.51. The third-order valence-corrected chi connectivity index (χ3v) is 18.6. The SMILES string of the molecule is CO[C@@H](C)c1ncccc1-c1c(CC(C)(C)CO[Si](c2ccccc2)(c2ccccc2)C(C)(C)C)c2cc(-c3nc(CC(N=C(c4ccccc4)c4ccccc4)C(=O)O)ns3)ccc2n1CC(F)(F)F. The lowest BCUT2D eigenvalue weighted by molar-refractivity contribution is -0.140.